The Morgan fingerprint density at radius 1 is 1.44 bits per heavy atom. The third-order valence-corrected chi connectivity index (χ3v) is 4.03. The molecule has 1 heterocycles. The number of carbonyl (C=O) groups is 1. The van der Waals surface area contributed by atoms with E-state index in [0.717, 1.165) is 13.0 Å². The summed E-state index contributed by atoms with van der Waals surface area (Å²) in [4.78, 5) is 15.8. The lowest BCUT2D eigenvalue weighted by molar-refractivity contribution is -0.128. The number of nitrogens with one attached hydrogen (secondary N) is 1. The van der Waals surface area contributed by atoms with Crippen LogP contribution in [-0.2, 0) is 4.79 Å². The van der Waals surface area contributed by atoms with E-state index in [1.807, 2.05) is 21.1 Å². The van der Waals surface area contributed by atoms with Crippen molar-refractivity contribution in [2.75, 3.05) is 34.2 Å². The van der Waals surface area contributed by atoms with E-state index in [9.17, 15) is 4.79 Å². The number of likely N-dealkylation sites (tertiary alicyclic amines) is 1. The molecule has 0 aromatic rings. The third-order valence-electron chi connectivity index (χ3n) is 4.03. The zero-order chi connectivity index (χ0) is 13.5. The molecule has 0 saturated carbocycles. The van der Waals surface area contributed by atoms with Crippen molar-refractivity contribution < 1.29 is 4.79 Å². The Morgan fingerprint density at radius 3 is 2.78 bits per heavy atom. The van der Waals surface area contributed by atoms with Crippen LogP contribution in [-0.4, -0.2) is 62.0 Å². The Hall–Kier alpha value is -0.610. The molecule has 1 saturated heterocycles. The molecular weight excluding hydrogens is 226 g/mol. The van der Waals surface area contributed by atoms with Crippen LogP contribution < -0.4 is 5.32 Å². The van der Waals surface area contributed by atoms with Gasteiger partial charge in [-0.25, -0.2) is 0 Å². The topological polar surface area (TPSA) is 35.6 Å². The summed E-state index contributed by atoms with van der Waals surface area (Å²) in [7, 11) is 5.69. The maximum atomic E-state index is 11.6. The number of likely N-dealkylation sites (N-methyl/N-ethyl adjacent to an activating group) is 1. The Labute approximate surface area is 112 Å². The van der Waals surface area contributed by atoms with Crippen LogP contribution in [0.4, 0.5) is 0 Å². The second kappa shape index (κ2) is 7.74. The van der Waals surface area contributed by atoms with Gasteiger partial charge in [0.25, 0.3) is 0 Å². The minimum Gasteiger partial charge on any atom is -0.349 e. The maximum Gasteiger partial charge on any atom is 0.222 e. The van der Waals surface area contributed by atoms with Gasteiger partial charge in [-0.1, -0.05) is 6.42 Å². The average Bonchev–Trinajstić information content (AvgIpc) is 2.38. The predicted octanol–water partition coefficient (Wildman–Crippen LogP) is 1.32. The monoisotopic (exact) mass is 255 g/mol. The number of hydrogen-bond donors (Lipinski definition) is 1. The van der Waals surface area contributed by atoms with Crippen LogP contribution in [0.25, 0.3) is 0 Å². The fourth-order valence-electron chi connectivity index (χ4n) is 2.71. The molecule has 1 N–H and O–H groups in total. The molecular formula is C14H29N3O. The fraction of sp³-hybridized carbons (Fsp3) is 0.929. The number of piperidine rings is 1. The normalized spacial score (nSPS) is 22.8. The highest BCUT2D eigenvalue weighted by Crippen LogP contribution is 2.20. The molecule has 0 spiro atoms. The molecule has 2 unspecified atom stereocenters. The standard InChI is InChI=1S/C14H29N3O/c1-12(15-2)13-8-5-6-10-17(13)11-7-9-14(18)16(3)4/h12-13,15H,5-11H2,1-4H3. The molecule has 4 nitrogen and oxygen atoms in total. The molecule has 1 rings (SSSR count). The average molecular weight is 255 g/mol. The van der Waals surface area contributed by atoms with Crippen LogP contribution >= 0.6 is 0 Å². The summed E-state index contributed by atoms with van der Waals surface area (Å²) in [5.41, 5.74) is 0. The lowest BCUT2D eigenvalue weighted by atomic mass is 9.96. The number of hydrogen-bond acceptors (Lipinski definition) is 3. The van der Waals surface area contributed by atoms with Gasteiger partial charge in [0.05, 0.1) is 0 Å². The number of carbonyl (C=O) groups excluding carboxylic acids is 1. The van der Waals surface area contributed by atoms with Crippen molar-refractivity contribution in [3.63, 3.8) is 0 Å². The second-order valence-electron chi connectivity index (χ2n) is 5.57. The molecule has 106 valence electrons. The van der Waals surface area contributed by atoms with Gasteiger partial charge in [0, 0.05) is 32.6 Å². The smallest absolute Gasteiger partial charge is 0.222 e. The van der Waals surface area contributed by atoms with Crippen molar-refractivity contribution >= 4 is 5.91 Å². The molecule has 0 bridgehead atoms. The van der Waals surface area contributed by atoms with Crippen LogP contribution in [0.1, 0.15) is 39.0 Å². The summed E-state index contributed by atoms with van der Waals surface area (Å²) in [5, 5.41) is 3.37. The number of nitrogens with zero attached hydrogens (tertiary/aromatic N) is 2. The van der Waals surface area contributed by atoms with Gasteiger partial charge in [-0.15, -0.1) is 0 Å². The Bertz CT molecular complexity index is 255. The van der Waals surface area contributed by atoms with Gasteiger partial charge < -0.3 is 10.2 Å². The zero-order valence-electron chi connectivity index (χ0n) is 12.4. The zero-order valence-corrected chi connectivity index (χ0v) is 12.4. The van der Waals surface area contributed by atoms with Gasteiger partial charge >= 0.3 is 0 Å². The molecule has 1 amide bonds. The second-order valence-corrected chi connectivity index (χ2v) is 5.57. The van der Waals surface area contributed by atoms with Crippen LogP contribution in [0.5, 0.6) is 0 Å². The summed E-state index contributed by atoms with van der Waals surface area (Å²) in [6, 6.07) is 1.17. The van der Waals surface area contributed by atoms with Crippen LogP contribution in [0.3, 0.4) is 0 Å². The van der Waals surface area contributed by atoms with Gasteiger partial charge in [-0.2, -0.15) is 0 Å². The summed E-state index contributed by atoms with van der Waals surface area (Å²) in [6.45, 7) is 4.50. The first-order valence-electron chi connectivity index (χ1n) is 7.17. The van der Waals surface area contributed by atoms with Crippen molar-refractivity contribution in [2.24, 2.45) is 0 Å². The van der Waals surface area contributed by atoms with E-state index in [0.29, 0.717) is 18.5 Å². The van der Waals surface area contributed by atoms with E-state index >= 15 is 0 Å². The van der Waals surface area contributed by atoms with Gasteiger partial charge in [0.15, 0.2) is 0 Å². The van der Waals surface area contributed by atoms with Crippen molar-refractivity contribution in [1.29, 1.82) is 0 Å². The first-order valence-corrected chi connectivity index (χ1v) is 7.17. The van der Waals surface area contributed by atoms with Gasteiger partial charge in [0.2, 0.25) is 5.91 Å². The summed E-state index contributed by atoms with van der Waals surface area (Å²) in [5.74, 6) is 0.241. The molecule has 1 aliphatic rings. The van der Waals surface area contributed by atoms with E-state index < -0.39 is 0 Å². The summed E-state index contributed by atoms with van der Waals surface area (Å²) >= 11 is 0. The number of rotatable bonds is 6. The molecule has 0 aromatic carbocycles. The van der Waals surface area contributed by atoms with Crippen molar-refractivity contribution in [3.05, 3.63) is 0 Å². The minimum atomic E-state index is 0.241. The van der Waals surface area contributed by atoms with Gasteiger partial charge in [0.1, 0.15) is 0 Å². The van der Waals surface area contributed by atoms with Crippen LogP contribution in [0.2, 0.25) is 0 Å². The Balaban J connectivity index is 2.36. The Morgan fingerprint density at radius 2 is 2.17 bits per heavy atom. The highest BCUT2D eigenvalue weighted by Gasteiger charge is 2.26. The minimum absolute atomic E-state index is 0.241. The maximum absolute atomic E-state index is 11.6. The van der Waals surface area contributed by atoms with Crippen molar-refractivity contribution in [3.8, 4) is 0 Å². The first-order chi connectivity index (χ1) is 8.56. The lowest BCUT2D eigenvalue weighted by Crippen LogP contribution is -2.50. The highest BCUT2D eigenvalue weighted by molar-refractivity contribution is 5.75. The quantitative estimate of drug-likeness (QED) is 0.777. The highest BCUT2D eigenvalue weighted by atomic mass is 16.2. The molecule has 0 aliphatic carbocycles. The fourth-order valence-corrected chi connectivity index (χ4v) is 2.71. The SMILES string of the molecule is CNC(C)C1CCCCN1CCCC(=O)N(C)C. The molecule has 4 heteroatoms. The van der Waals surface area contributed by atoms with Crippen molar-refractivity contribution in [2.45, 2.75) is 51.1 Å². The van der Waals surface area contributed by atoms with E-state index in [4.69, 9.17) is 0 Å². The third kappa shape index (κ3) is 4.58. The molecule has 0 aromatic heterocycles. The summed E-state index contributed by atoms with van der Waals surface area (Å²) < 4.78 is 0. The molecule has 0 radical (unpaired) electrons. The van der Waals surface area contributed by atoms with Gasteiger partial charge in [-0.3, -0.25) is 9.69 Å². The molecule has 2 atom stereocenters. The summed E-state index contributed by atoms with van der Waals surface area (Å²) in [6.07, 6.45) is 5.57. The molecule has 1 aliphatic heterocycles. The first kappa shape index (κ1) is 15.4. The van der Waals surface area contributed by atoms with Crippen molar-refractivity contribution in [1.82, 2.24) is 15.1 Å². The van der Waals surface area contributed by atoms with Gasteiger partial charge in [-0.05, 0) is 46.3 Å². The molecule has 18 heavy (non-hydrogen) atoms. The lowest BCUT2D eigenvalue weighted by Gasteiger charge is -2.39. The van der Waals surface area contributed by atoms with Crippen LogP contribution in [0, 0.1) is 0 Å². The number of amides is 1. The largest absolute Gasteiger partial charge is 0.349 e. The van der Waals surface area contributed by atoms with E-state index in [-0.39, 0.29) is 5.91 Å². The molecule has 1 fully saturated rings. The Kier molecular flexibility index (Phi) is 6.65. The van der Waals surface area contributed by atoms with E-state index in [1.165, 1.54) is 25.8 Å². The predicted molar refractivity (Wildman–Crippen MR) is 75.7 cm³/mol. The van der Waals surface area contributed by atoms with E-state index in [2.05, 4.69) is 17.1 Å². The van der Waals surface area contributed by atoms with E-state index in [1.54, 1.807) is 4.90 Å². The van der Waals surface area contributed by atoms with Crippen LogP contribution in [0.15, 0.2) is 0 Å².